The summed E-state index contributed by atoms with van der Waals surface area (Å²) >= 11 is 0. The van der Waals surface area contributed by atoms with Crippen LogP contribution in [0.25, 0.3) is 0 Å². The van der Waals surface area contributed by atoms with E-state index in [1.807, 2.05) is 10.7 Å². The van der Waals surface area contributed by atoms with Gasteiger partial charge in [0.25, 0.3) is 0 Å². The molecule has 0 aliphatic carbocycles. The topological polar surface area (TPSA) is 50.6 Å². The van der Waals surface area contributed by atoms with Crippen molar-refractivity contribution in [3.8, 4) is 0 Å². The van der Waals surface area contributed by atoms with Crippen LogP contribution in [0.2, 0.25) is 0 Å². The molecule has 0 spiro atoms. The van der Waals surface area contributed by atoms with Crippen LogP contribution in [0.1, 0.15) is 67.1 Å². The molecule has 4 rings (SSSR count). The Bertz CT molecular complexity index is 1080. The molecule has 2 aliphatic heterocycles. The van der Waals surface area contributed by atoms with Gasteiger partial charge in [-0.25, -0.2) is 4.79 Å². The summed E-state index contributed by atoms with van der Waals surface area (Å²) in [5.74, 6) is 0.253. The minimum atomic E-state index is -4.97. The standard InChI is InChI=1S/C25H30F6N4O2/c1-3-18(13-33-6-4-5-16(33)2)22-12-21-14-34(7-8-35(21)32-22)23(36)37-15-17-9-19(24(26,27)28)11-20(10-17)25(29,30)31/h9-12,16,18H,3-8,13-15H2,1-2H3/t16-,18?/m1/s1. The number of benzene rings is 1. The van der Waals surface area contributed by atoms with Crippen LogP contribution >= 0.6 is 0 Å². The Morgan fingerprint density at radius 3 is 2.30 bits per heavy atom. The Balaban J connectivity index is 1.41. The van der Waals surface area contributed by atoms with Crippen molar-refractivity contribution in [2.45, 2.75) is 77.1 Å². The molecule has 37 heavy (non-hydrogen) atoms. The van der Waals surface area contributed by atoms with Gasteiger partial charge in [-0.15, -0.1) is 0 Å². The molecule has 1 saturated heterocycles. The first-order valence-corrected chi connectivity index (χ1v) is 12.4. The Morgan fingerprint density at radius 2 is 1.73 bits per heavy atom. The van der Waals surface area contributed by atoms with Crippen molar-refractivity contribution in [3.63, 3.8) is 0 Å². The molecule has 1 unspecified atom stereocenters. The highest BCUT2D eigenvalue weighted by atomic mass is 19.4. The number of alkyl halides is 6. The number of hydrogen-bond acceptors (Lipinski definition) is 4. The van der Waals surface area contributed by atoms with Gasteiger partial charge in [0.05, 0.1) is 35.6 Å². The molecule has 3 heterocycles. The fraction of sp³-hybridized carbons (Fsp3) is 0.600. The van der Waals surface area contributed by atoms with Crippen molar-refractivity contribution in [2.24, 2.45) is 0 Å². The zero-order chi connectivity index (χ0) is 27.0. The highest BCUT2D eigenvalue weighted by Gasteiger charge is 2.37. The van der Waals surface area contributed by atoms with E-state index in [1.165, 1.54) is 17.7 Å². The predicted octanol–water partition coefficient (Wildman–Crippen LogP) is 6.05. The van der Waals surface area contributed by atoms with E-state index in [9.17, 15) is 31.1 Å². The van der Waals surface area contributed by atoms with Crippen molar-refractivity contribution in [2.75, 3.05) is 19.6 Å². The van der Waals surface area contributed by atoms with Gasteiger partial charge in [0, 0.05) is 25.0 Å². The minimum absolute atomic E-state index is 0.0443. The molecule has 2 atom stereocenters. The number of ether oxygens (including phenoxy) is 1. The third-order valence-corrected chi connectivity index (χ3v) is 7.14. The Hall–Kier alpha value is -2.76. The first kappa shape index (κ1) is 27.3. The highest BCUT2D eigenvalue weighted by Crippen LogP contribution is 2.36. The number of hydrogen-bond donors (Lipinski definition) is 0. The number of fused-ring (bicyclic) bond motifs is 1. The van der Waals surface area contributed by atoms with Gasteiger partial charge in [-0.3, -0.25) is 9.58 Å². The summed E-state index contributed by atoms with van der Waals surface area (Å²) in [6.07, 6.45) is -7.45. The number of likely N-dealkylation sites (tertiary alicyclic amines) is 1. The third kappa shape index (κ3) is 6.39. The maximum Gasteiger partial charge on any atom is 0.416 e. The second-order valence-corrected chi connectivity index (χ2v) is 9.77. The van der Waals surface area contributed by atoms with Crippen LogP contribution in [-0.2, 0) is 36.8 Å². The Morgan fingerprint density at radius 1 is 1.05 bits per heavy atom. The number of carbonyl (C=O) groups is 1. The van der Waals surface area contributed by atoms with Crippen LogP contribution in [0.15, 0.2) is 24.3 Å². The van der Waals surface area contributed by atoms with E-state index in [4.69, 9.17) is 9.84 Å². The van der Waals surface area contributed by atoms with Crippen molar-refractivity contribution in [1.29, 1.82) is 0 Å². The molecule has 1 aromatic carbocycles. The first-order chi connectivity index (χ1) is 17.3. The summed E-state index contributed by atoms with van der Waals surface area (Å²) in [5, 5.41) is 4.74. The fourth-order valence-electron chi connectivity index (χ4n) is 4.96. The van der Waals surface area contributed by atoms with Crippen LogP contribution in [0.4, 0.5) is 31.1 Å². The smallest absolute Gasteiger partial charge is 0.416 e. The van der Waals surface area contributed by atoms with E-state index in [0.717, 1.165) is 30.9 Å². The molecule has 0 saturated carbocycles. The zero-order valence-electron chi connectivity index (χ0n) is 20.7. The summed E-state index contributed by atoms with van der Waals surface area (Å²) in [4.78, 5) is 16.5. The Kier molecular flexibility index (Phi) is 7.77. The SMILES string of the molecule is CCC(CN1CCC[C@H]1C)c1cc2n(n1)CCN(C(=O)OCc1cc(C(F)(F)F)cc(C(F)(F)F)c1)C2. The molecule has 2 aliphatic rings. The van der Waals surface area contributed by atoms with Crippen molar-refractivity contribution in [1.82, 2.24) is 19.6 Å². The highest BCUT2D eigenvalue weighted by molar-refractivity contribution is 5.67. The fourth-order valence-corrected chi connectivity index (χ4v) is 4.96. The average molecular weight is 533 g/mol. The molecule has 6 nitrogen and oxygen atoms in total. The second kappa shape index (κ2) is 10.5. The van der Waals surface area contributed by atoms with Crippen molar-refractivity contribution < 1.29 is 35.9 Å². The maximum absolute atomic E-state index is 13.1. The molecule has 0 N–H and O–H groups in total. The van der Waals surface area contributed by atoms with Crippen LogP contribution in [0.5, 0.6) is 0 Å². The summed E-state index contributed by atoms with van der Waals surface area (Å²) in [6.45, 7) is 6.50. The lowest BCUT2D eigenvalue weighted by Crippen LogP contribution is -2.38. The lowest BCUT2D eigenvalue weighted by Gasteiger charge is -2.27. The molecule has 1 fully saturated rings. The maximum atomic E-state index is 13.1. The summed E-state index contributed by atoms with van der Waals surface area (Å²) in [5.41, 5.74) is -1.52. The molecule has 1 amide bonds. The van der Waals surface area contributed by atoms with Crippen molar-refractivity contribution in [3.05, 3.63) is 52.3 Å². The van der Waals surface area contributed by atoms with Crippen LogP contribution in [-0.4, -0.2) is 51.3 Å². The van der Waals surface area contributed by atoms with Crippen LogP contribution in [0, 0.1) is 0 Å². The van der Waals surface area contributed by atoms with Gasteiger partial charge in [0.2, 0.25) is 0 Å². The molecule has 0 radical (unpaired) electrons. The van der Waals surface area contributed by atoms with E-state index >= 15 is 0 Å². The number of carbonyl (C=O) groups excluding carboxylic acids is 1. The van der Waals surface area contributed by atoms with Gasteiger partial charge in [0.15, 0.2) is 0 Å². The van der Waals surface area contributed by atoms with Gasteiger partial charge < -0.3 is 9.64 Å². The Labute approximate surface area is 211 Å². The van der Waals surface area contributed by atoms with Crippen LogP contribution in [0.3, 0.4) is 0 Å². The van der Waals surface area contributed by atoms with Gasteiger partial charge in [-0.2, -0.15) is 31.4 Å². The minimum Gasteiger partial charge on any atom is -0.445 e. The number of nitrogens with zero attached hydrogens (tertiary/aromatic N) is 4. The monoisotopic (exact) mass is 532 g/mol. The molecule has 12 heteroatoms. The third-order valence-electron chi connectivity index (χ3n) is 7.14. The first-order valence-electron chi connectivity index (χ1n) is 12.4. The van der Waals surface area contributed by atoms with E-state index in [0.29, 0.717) is 24.7 Å². The quantitative estimate of drug-likeness (QED) is 0.425. The molecular weight excluding hydrogens is 502 g/mol. The molecule has 204 valence electrons. The van der Waals surface area contributed by atoms with Gasteiger partial charge in [0.1, 0.15) is 6.61 Å². The number of halogens is 6. The molecule has 1 aromatic heterocycles. The predicted molar refractivity (Wildman–Crippen MR) is 123 cm³/mol. The van der Waals surface area contributed by atoms with E-state index in [2.05, 4.69) is 18.7 Å². The van der Waals surface area contributed by atoms with Gasteiger partial charge >= 0.3 is 18.4 Å². The molecule has 0 bridgehead atoms. The molecule has 2 aromatic rings. The number of rotatable bonds is 6. The molecular formula is C25H30F6N4O2. The van der Waals surface area contributed by atoms with E-state index < -0.39 is 36.2 Å². The lowest BCUT2D eigenvalue weighted by atomic mass is 10.0. The normalized spacial score (nSPS) is 19.7. The number of aromatic nitrogens is 2. The largest absolute Gasteiger partial charge is 0.445 e. The van der Waals surface area contributed by atoms with E-state index in [1.54, 1.807) is 0 Å². The zero-order valence-corrected chi connectivity index (χ0v) is 20.7. The lowest BCUT2D eigenvalue weighted by molar-refractivity contribution is -0.143. The average Bonchev–Trinajstić information content (AvgIpc) is 3.44. The van der Waals surface area contributed by atoms with Crippen molar-refractivity contribution >= 4 is 6.09 Å². The van der Waals surface area contributed by atoms with E-state index in [-0.39, 0.29) is 30.6 Å². The van der Waals surface area contributed by atoms with Gasteiger partial charge in [-0.05, 0) is 62.6 Å². The van der Waals surface area contributed by atoms with Crippen LogP contribution < -0.4 is 0 Å². The summed E-state index contributed by atoms with van der Waals surface area (Å²) in [7, 11) is 0. The van der Waals surface area contributed by atoms with Gasteiger partial charge in [-0.1, -0.05) is 6.92 Å². The summed E-state index contributed by atoms with van der Waals surface area (Å²) < 4.78 is 85.5. The second-order valence-electron chi connectivity index (χ2n) is 9.77. The number of amides is 1. The summed E-state index contributed by atoms with van der Waals surface area (Å²) in [6, 6.07) is 3.68.